The Kier molecular flexibility index (Phi) is 5.80. The number of amides is 1. The molecule has 22 heavy (non-hydrogen) atoms. The number of hydrogen-bond acceptors (Lipinski definition) is 4. The molecule has 1 unspecified atom stereocenters. The number of likely N-dealkylation sites (N-methyl/N-ethyl adjacent to an activating group) is 1. The van der Waals surface area contributed by atoms with Gasteiger partial charge in [-0.15, -0.1) is 0 Å². The van der Waals surface area contributed by atoms with E-state index in [0.717, 1.165) is 11.4 Å². The quantitative estimate of drug-likeness (QED) is 0.811. The van der Waals surface area contributed by atoms with E-state index in [0.29, 0.717) is 23.7 Å². The lowest BCUT2D eigenvalue weighted by Crippen LogP contribution is -3.08. The highest BCUT2D eigenvalue weighted by molar-refractivity contribution is 7.07. The summed E-state index contributed by atoms with van der Waals surface area (Å²) in [7, 11) is 5.16. The Morgan fingerprint density at radius 3 is 2.73 bits per heavy atom. The van der Waals surface area contributed by atoms with Gasteiger partial charge in [-0.25, -0.2) is 0 Å². The summed E-state index contributed by atoms with van der Waals surface area (Å²) < 4.78 is 10.4. The zero-order valence-electron chi connectivity index (χ0n) is 13.0. The van der Waals surface area contributed by atoms with Crippen molar-refractivity contribution in [1.82, 2.24) is 0 Å². The molecule has 1 amide bonds. The van der Waals surface area contributed by atoms with E-state index in [2.05, 4.69) is 16.8 Å². The van der Waals surface area contributed by atoms with E-state index in [1.54, 1.807) is 43.8 Å². The van der Waals surface area contributed by atoms with Crippen LogP contribution in [0.25, 0.3) is 0 Å². The van der Waals surface area contributed by atoms with Crippen LogP contribution in [0.15, 0.2) is 35.0 Å². The lowest BCUT2D eigenvalue weighted by atomic mass is 10.2. The molecule has 2 aromatic rings. The van der Waals surface area contributed by atoms with Gasteiger partial charge in [-0.3, -0.25) is 4.79 Å². The van der Waals surface area contributed by atoms with Crippen molar-refractivity contribution in [2.45, 2.75) is 6.54 Å². The van der Waals surface area contributed by atoms with E-state index in [-0.39, 0.29) is 5.91 Å². The molecule has 0 fully saturated rings. The van der Waals surface area contributed by atoms with Crippen molar-refractivity contribution in [2.75, 3.05) is 33.1 Å². The van der Waals surface area contributed by atoms with Gasteiger partial charge in [-0.1, -0.05) is 0 Å². The normalized spacial score (nSPS) is 11.8. The molecule has 1 heterocycles. The number of quaternary nitrogens is 1. The number of methoxy groups -OCH3 is 2. The summed E-state index contributed by atoms with van der Waals surface area (Å²) in [5, 5.41) is 7.03. The van der Waals surface area contributed by atoms with Gasteiger partial charge in [-0.05, 0) is 29.0 Å². The van der Waals surface area contributed by atoms with Crippen molar-refractivity contribution in [2.24, 2.45) is 0 Å². The summed E-state index contributed by atoms with van der Waals surface area (Å²) in [6, 6.07) is 7.40. The largest absolute Gasteiger partial charge is 0.497 e. The van der Waals surface area contributed by atoms with Crippen LogP contribution in [0, 0.1) is 0 Å². The summed E-state index contributed by atoms with van der Waals surface area (Å²) in [6.45, 7) is 1.21. The molecule has 0 bridgehead atoms. The molecule has 118 valence electrons. The van der Waals surface area contributed by atoms with Crippen LogP contribution in [-0.4, -0.2) is 33.7 Å². The van der Waals surface area contributed by atoms with E-state index < -0.39 is 0 Å². The molecule has 0 radical (unpaired) electrons. The van der Waals surface area contributed by atoms with Crippen molar-refractivity contribution in [3.8, 4) is 11.5 Å². The number of ether oxygens (including phenoxy) is 2. The van der Waals surface area contributed by atoms with Gasteiger partial charge >= 0.3 is 0 Å². The molecule has 0 aliphatic carbocycles. The summed E-state index contributed by atoms with van der Waals surface area (Å²) in [5.74, 6) is 1.24. The van der Waals surface area contributed by atoms with E-state index in [1.807, 2.05) is 12.4 Å². The molecule has 1 aromatic heterocycles. The van der Waals surface area contributed by atoms with Crippen molar-refractivity contribution < 1.29 is 19.2 Å². The maximum absolute atomic E-state index is 12.2. The molecule has 0 saturated heterocycles. The summed E-state index contributed by atoms with van der Waals surface area (Å²) in [5.41, 5.74) is 1.87. The SMILES string of the molecule is COc1ccc(OC)c(NC(=O)C[NH+](C)Cc2ccsc2)c1. The van der Waals surface area contributed by atoms with E-state index in [9.17, 15) is 4.79 Å². The van der Waals surface area contributed by atoms with Crippen LogP contribution in [0.5, 0.6) is 11.5 Å². The van der Waals surface area contributed by atoms with E-state index in [4.69, 9.17) is 9.47 Å². The van der Waals surface area contributed by atoms with Gasteiger partial charge in [0.2, 0.25) is 0 Å². The van der Waals surface area contributed by atoms with Gasteiger partial charge < -0.3 is 19.7 Å². The number of nitrogens with one attached hydrogen (secondary N) is 2. The fourth-order valence-electron chi connectivity index (χ4n) is 2.18. The number of thiophene rings is 1. The first kappa shape index (κ1) is 16.3. The highest BCUT2D eigenvalue weighted by Gasteiger charge is 2.14. The topological polar surface area (TPSA) is 52.0 Å². The third-order valence-electron chi connectivity index (χ3n) is 3.23. The molecule has 2 N–H and O–H groups in total. The number of hydrogen-bond donors (Lipinski definition) is 2. The Balaban J connectivity index is 1.96. The Hall–Kier alpha value is -2.05. The molecule has 0 aliphatic rings. The Morgan fingerprint density at radius 1 is 1.27 bits per heavy atom. The van der Waals surface area contributed by atoms with Crippen molar-refractivity contribution in [3.63, 3.8) is 0 Å². The lowest BCUT2D eigenvalue weighted by Gasteiger charge is -2.15. The molecule has 5 nitrogen and oxygen atoms in total. The third kappa shape index (κ3) is 4.47. The van der Waals surface area contributed by atoms with Crippen molar-refractivity contribution in [1.29, 1.82) is 0 Å². The predicted octanol–water partition coefficient (Wildman–Crippen LogP) is 1.42. The zero-order chi connectivity index (χ0) is 15.9. The van der Waals surface area contributed by atoms with E-state index in [1.165, 1.54) is 5.56 Å². The first-order valence-corrected chi connectivity index (χ1v) is 7.91. The minimum absolute atomic E-state index is 0.0562. The van der Waals surface area contributed by atoms with E-state index >= 15 is 0 Å². The molecule has 1 atom stereocenters. The van der Waals surface area contributed by atoms with Gasteiger partial charge in [0.1, 0.15) is 18.0 Å². The van der Waals surface area contributed by atoms with Crippen LogP contribution in [0.2, 0.25) is 0 Å². The number of rotatable bonds is 7. The minimum atomic E-state index is -0.0562. The number of carbonyl (C=O) groups is 1. The zero-order valence-corrected chi connectivity index (χ0v) is 13.8. The fourth-order valence-corrected chi connectivity index (χ4v) is 2.85. The van der Waals surface area contributed by atoms with Crippen LogP contribution >= 0.6 is 11.3 Å². The van der Waals surface area contributed by atoms with Crippen LogP contribution in [0.3, 0.4) is 0 Å². The molecule has 0 saturated carbocycles. The second-order valence-corrected chi connectivity index (χ2v) is 5.84. The summed E-state index contributed by atoms with van der Waals surface area (Å²) >= 11 is 1.67. The smallest absolute Gasteiger partial charge is 0.279 e. The first-order chi connectivity index (χ1) is 10.6. The standard InChI is InChI=1S/C16H20N2O3S/c1-18(9-12-6-7-22-11-12)10-16(19)17-14-8-13(20-2)4-5-15(14)21-3/h4-8,11H,9-10H2,1-3H3,(H,17,19)/p+1. The van der Waals surface area contributed by atoms with Crippen molar-refractivity contribution >= 4 is 22.9 Å². The molecule has 6 heteroatoms. The molecule has 0 spiro atoms. The highest BCUT2D eigenvalue weighted by atomic mass is 32.1. The molecular weight excluding hydrogens is 300 g/mol. The highest BCUT2D eigenvalue weighted by Crippen LogP contribution is 2.28. The Bertz CT molecular complexity index is 614. The predicted molar refractivity (Wildman–Crippen MR) is 88.0 cm³/mol. The fraction of sp³-hybridized carbons (Fsp3) is 0.312. The lowest BCUT2D eigenvalue weighted by molar-refractivity contribution is -0.885. The molecule has 0 aliphatic heterocycles. The van der Waals surface area contributed by atoms with Gasteiger partial charge in [-0.2, -0.15) is 11.3 Å². The average molecular weight is 321 g/mol. The molecular formula is C16H21N2O3S+. The summed E-state index contributed by atoms with van der Waals surface area (Å²) in [6.07, 6.45) is 0. The minimum Gasteiger partial charge on any atom is -0.497 e. The summed E-state index contributed by atoms with van der Waals surface area (Å²) in [4.78, 5) is 13.3. The number of anilines is 1. The second kappa shape index (κ2) is 7.82. The number of benzene rings is 1. The van der Waals surface area contributed by atoms with Crippen LogP contribution in [0.1, 0.15) is 5.56 Å². The Morgan fingerprint density at radius 2 is 2.09 bits per heavy atom. The Labute approximate surface area is 134 Å². The van der Waals surface area contributed by atoms with Crippen LogP contribution in [-0.2, 0) is 11.3 Å². The average Bonchev–Trinajstić information content (AvgIpc) is 2.99. The maximum atomic E-state index is 12.2. The van der Waals surface area contributed by atoms with Crippen LogP contribution in [0.4, 0.5) is 5.69 Å². The monoisotopic (exact) mass is 321 g/mol. The molecule has 2 rings (SSSR count). The first-order valence-electron chi connectivity index (χ1n) is 6.96. The molecule has 1 aromatic carbocycles. The van der Waals surface area contributed by atoms with Gasteiger partial charge in [0.25, 0.3) is 5.91 Å². The van der Waals surface area contributed by atoms with Gasteiger partial charge in [0.05, 0.1) is 27.0 Å². The van der Waals surface area contributed by atoms with Gasteiger partial charge in [0, 0.05) is 11.6 Å². The maximum Gasteiger partial charge on any atom is 0.279 e. The number of carbonyl (C=O) groups excluding carboxylic acids is 1. The second-order valence-electron chi connectivity index (χ2n) is 5.06. The van der Waals surface area contributed by atoms with Crippen molar-refractivity contribution in [3.05, 3.63) is 40.6 Å². The van der Waals surface area contributed by atoms with Gasteiger partial charge in [0.15, 0.2) is 6.54 Å². The van der Waals surface area contributed by atoms with Crippen LogP contribution < -0.4 is 19.7 Å². The third-order valence-corrected chi connectivity index (χ3v) is 3.96.